The van der Waals surface area contributed by atoms with Gasteiger partial charge in [0.25, 0.3) is 5.84 Å². The molecule has 0 aromatic heterocycles. The van der Waals surface area contributed by atoms with Crippen LogP contribution in [0.2, 0.25) is 0 Å². The molecule has 3 heteroatoms. The third-order valence-electron chi connectivity index (χ3n) is 1.17. The van der Waals surface area contributed by atoms with E-state index in [1.165, 1.54) is 0 Å². The average molecular weight is 267 g/mol. The lowest BCUT2D eigenvalue weighted by Crippen LogP contribution is -2.16. The van der Waals surface area contributed by atoms with Gasteiger partial charge in [0.05, 0.1) is 20.2 Å². The standard InChI is InChI=1S/C8H16IN2/c1-7(2)10-8(5-6-9)11(3)4/h7H,3,5-6H2,1-2,4H3/q+1. The van der Waals surface area contributed by atoms with Crippen molar-refractivity contribution in [3.63, 3.8) is 0 Å². The van der Waals surface area contributed by atoms with Gasteiger partial charge in [-0.2, -0.15) is 0 Å². The summed E-state index contributed by atoms with van der Waals surface area (Å²) in [4.78, 5) is 4.44. The third-order valence-corrected chi connectivity index (χ3v) is 1.71. The molecule has 0 unspecified atom stereocenters. The molecule has 0 bridgehead atoms. The third kappa shape index (κ3) is 5.35. The summed E-state index contributed by atoms with van der Waals surface area (Å²) in [6.07, 6.45) is 1.01. The highest BCUT2D eigenvalue weighted by molar-refractivity contribution is 14.1. The number of amidine groups is 1. The van der Waals surface area contributed by atoms with Crippen LogP contribution in [0.1, 0.15) is 20.3 Å². The van der Waals surface area contributed by atoms with Crippen molar-refractivity contribution in [1.82, 2.24) is 0 Å². The van der Waals surface area contributed by atoms with Crippen molar-refractivity contribution >= 4 is 35.1 Å². The zero-order valence-corrected chi connectivity index (χ0v) is 9.63. The molecule has 0 fully saturated rings. The van der Waals surface area contributed by atoms with Crippen molar-refractivity contribution in [1.29, 1.82) is 0 Å². The molecule has 0 aromatic carbocycles. The van der Waals surface area contributed by atoms with Gasteiger partial charge in [-0.1, -0.05) is 27.6 Å². The molecule has 0 amide bonds. The minimum absolute atomic E-state index is 0.372. The summed E-state index contributed by atoms with van der Waals surface area (Å²) in [6, 6.07) is 0.372. The quantitative estimate of drug-likeness (QED) is 0.244. The molecule has 0 aromatic rings. The molecule has 0 heterocycles. The maximum atomic E-state index is 4.44. The van der Waals surface area contributed by atoms with E-state index in [1.807, 2.05) is 11.6 Å². The Kier molecular flexibility index (Phi) is 5.72. The Hall–Kier alpha value is 0.0700. The number of hydrogen-bond acceptors (Lipinski definition) is 1. The fourth-order valence-electron chi connectivity index (χ4n) is 0.737. The van der Waals surface area contributed by atoms with Crippen LogP contribution in [0.25, 0.3) is 0 Å². The highest BCUT2D eigenvalue weighted by Gasteiger charge is 2.08. The molecule has 0 atom stereocenters. The van der Waals surface area contributed by atoms with Gasteiger partial charge >= 0.3 is 0 Å². The largest absolute Gasteiger partial charge is 0.292 e. The molecule has 0 saturated heterocycles. The van der Waals surface area contributed by atoms with Crippen molar-refractivity contribution in [2.24, 2.45) is 4.99 Å². The first-order chi connectivity index (χ1) is 5.07. The second-order valence-corrected chi connectivity index (χ2v) is 3.85. The van der Waals surface area contributed by atoms with Crippen LogP contribution in [0.4, 0.5) is 0 Å². The van der Waals surface area contributed by atoms with E-state index in [9.17, 15) is 0 Å². The Balaban J connectivity index is 4.20. The molecule has 0 N–H and O–H groups in total. The summed E-state index contributed by atoms with van der Waals surface area (Å²) in [5, 5.41) is 0. The average Bonchev–Trinajstić information content (AvgIpc) is 1.86. The smallest absolute Gasteiger partial charge is 0.245 e. The van der Waals surface area contributed by atoms with Gasteiger partial charge in [-0.3, -0.25) is 0 Å². The van der Waals surface area contributed by atoms with E-state index in [0.717, 1.165) is 16.7 Å². The Labute approximate surface area is 82.6 Å². The molecule has 0 spiro atoms. The van der Waals surface area contributed by atoms with E-state index in [1.54, 1.807) is 0 Å². The lowest BCUT2D eigenvalue weighted by Gasteiger charge is -1.97. The molecule has 0 radical (unpaired) electrons. The second-order valence-electron chi connectivity index (χ2n) is 2.78. The maximum Gasteiger partial charge on any atom is 0.292 e. The number of halogens is 1. The number of hydrogen-bond donors (Lipinski definition) is 0. The maximum absolute atomic E-state index is 4.44. The summed E-state index contributed by atoms with van der Waals surface area (Å²) in [7, 11) is 1.94. The second kappa shape index (κ2) is 5.69. The number of aliphatic imine (C=N–C) groups is 1. The van der Waals surface area contributed by atoms with Crippen molar-refractivity contribution in [3.8, 4) is 0 Å². The molecule has 0 aliphatic carbocycles. The molecular formula is C8H16IN2+. The number of nitrogens with zero attached hydrogens (tertiary/aromatic N) is 2. The van der Waals surface area contributed by atoms with Crippen LogP contribution < -0.4 is 0 Å². The van der Waals surface area contributed by atoms with E-state index in [0.29, 0.717) is 6.04 Å². The number of rotatable bonds is 3. The SMILES string of the molecule is C=[N+](C)C(CCI)=NC(C)C. The minimum Gasteiger partial charge on any atom is -0.245 e. The van der Waals surface area contributed by atoms with Gasteiger partial charge in [0.1, 0.15) is 6.04 Å². The van der Waals surface area contributed by atoms with Gasteiger partial charge in [0.2, 0.25) is 0 Å². The Morgan fingerprint density at radius 1 is 1.64 bits per heavy atom. The van der Waals surface area contributed by atoms with Crippen LogP contribution in [0, 0.1) is 0 Å². The lowest BCUT2D eigenvalue weighted by molar-refractivity contribution is -0.363. The van der Waals surface area contributed by atoms with Crippen LogP contribution in [-0.4, -0.2) is 34.6 Å². The summed E-state index contributed by atoms with van der Waals surface area (Å²) in [6.45, 7) is 7.97. The Morgan fingerprint density at radius 3 is 2.45 bits per heavy atom. The fraction of sp³-hybridized carbons (Fsp3) is 0.750. The highest BCUT2D eigenvalue weighted by atomic mass is 127. The predicted molar refractivity (Wildman–Crippen MR) is 59.4 cm³/mol. The van der Waals surface area contributed by atoms with Crippen molar-refractivity contribution in [2.45, 2.75) is 26.3 Å². The predicted octanol–water partition coefficient (Wildman–Crippen LogP) is 1.96. The van der Waals surface area contributed by atoms with E-state index in [4.69, 9.17) is 0 Å². The van der Waals surface area contributed by atoms with E-state index in [-0.39, 0.29) is 0 Å². The topological polar surface area (TPSA) is 15.4 Å². The first-order valence-corrected chi connectivity index (χ1v) is 5.27. The van der Waals surface area contributed by atoms with Crippen molar-refractivity contribution < 1.29 is 4.58 Å². The highest BCUT2D eigenvalue weighted by Crippen LogP contribution is 1.96. The molecule has 11 heavy (non-hydrogen) atoms. The lowest BCUT2D eigenvalue weighted by atomic mass is 10.4. The van der Waals surface area contributed by atoms with Gasteiger partial charge in [-0.05, 0) is 13.8 Å². The van der Waals surface area contributed by atoms with Crippen LogP contribution in [0.15, 0.2) is 4.99 Å². The first kappa shape index (κ1) is 11.1. The van der Waals surface area contributed by atoms with Crippen LogP contribution in [0.3, 0.4) is 0 Å². The fourth-order valence-corrected chi connectivity index (χ4v) is 1.22. The molecule has 2 nitrogen and oxygen atoms in total. The van der Waals surface area contributed by atoms with Gasteiger partial charge in [-0.25, -0.2) is 4.58 Å². The van der Waals surface area contributed by atoms with Crippen LogP contribution >= 0.6 is 22.6 Å². The van der Waals surface area contributed by atoms with Gasteiger partial charge < -0.3 is 0 Å². The molecule has 0 aliphatic rings. The zero-order chi connectivity index (χ0) is 8.85. The Bertz CT molecular complexity index is 161. The summed E-state index contributed by atoms with van der Waals surface area (Å²) in [5.41, 5.74) is 0. The number of alkyl halides is 1. The molecule has 0 aliphatic heterocycles. The minimum atomic E-state index is 0.372. The van der Waals surface area contributed by atoms with Crippen LogP contribution in [-0.2, 0) is 0 Å². The summed E-state index contributed by atoms with van der Waals surface area (Å²) in [5.74, 6) is 1.09. The molecular weight excluding hydrogens is 251 g/mol. The molecule has 64 valence electrons. The molecule has 0 rings (SSSR count). The van der Waals surface area contributed by atoms with E-state index >= 15 is 0 Å². The summed E-state index contributed by atoms with van der Waals surface area (Å²) < 4.78 is 2.95. The van der Waals surface area contributed by atoms with E-state index in [2.05, 4.69) is 48.1 Å². The van der Waals surface area contributed by atoms with Crippen LogP contribution in [0.5, 0.6) is 0 Å². The van der Waals surface area contributed by atoms with Crippen molar-refractivity contribution in [2.75, 3.05) is 11.5 Å². The van der Waals surface area contributed by atoms with Gasteiger partial charge in [-0.15, -0.1) is 0 Å². The normalized spacial score (nSPS) is 12.3. The van der Waals surface area contributed by atoms with E-state index < -0.39 is 0 Å². The van der Waals surface area contributed by atoms with Crippen molar-refractivity contribution in [3.05, 3.63) is 0 Å². The van der Waals surface area contributed by atoms with Gasteiger partial charge in [0, 0.05) is 4.43 Å². The Morgan fingerprint density at radius 2 is 2.18 bits per heavy atom. The molecule has 0 saturated carbocycles. The monoisotopic (exact) mass is 267 g/mol. The first-order valence-electron chi connectivity index (χ1n) is 3.74. The summed E-state index contributed by atoms with van der Waals surface area (Å²) >= 11 is 2.35. The van der Waals surface area contributed by atoms with Gasteiger partial charge in [0.15, 0.2) is 0 Å². The zero-order valence-electron chi connectivity index (χ0n) is 7.47.